The number of esters is 1. The normalized spacial score (nSPS) is 20.3. The first-order chi connectivity index (χ1) is 12.4. The monoisotopic (exact) mass is 358 g/mol. The van der Waals surface area contributed by atoms with E-state index in [-0.39, 0.29) is 17.7 Å². The minimum atomic E-state index is -1.04. The summed E-state index contributed by atoms with van der Waals surface area (Å²) < 4.78 is 5.41. The molecule has 1 atom stereocenters. The van der Waals surface area contributed by atoms with Gasteiger partial charge in [0, 0.05) is 31.6 Å². The topological polar surface area (TPSA) is 91.8 Å². The van der Waals surface area contributed by atoms with Crippen molar-refractivity contribution in [3.05, 3.63) is 35.9 Å². The molecule has 2 amide bonds. The average molecular weight is 358 g/mol. The number of pyridine rings is 1. The number of anilines is 1. The molecule has 1 aliphatic heterocycles. The zero-order valence-corrected chi connectivity index (χ0v) is 15.1. The number of rotatable bonds is 5. The van der Waals surface area contributed by atoms with Crippen molar-refractivity contribution in [2.45, 2.75) is 45.9 Å². The molecule has 0 bridgehead atoms. The number of carbonyl (C=O) groups is 3. The van der Waals surface area contributed by atoms with Gasteiger partial charge >= 0.3 is 5.97 Å². The largest absolute Gasteiger partial charge is 0.458 e. The Bertz CT molecular complexity index is 758. The molecule has 26 heavy (non-hydrogen) atoms. The highest BCUT2D eigenvalue weighted by atomic mass is 16.5. The quantitative estimate of drug-likeness (QED) is 0.802. The Labute approximate surface area is 151 Å². The van der Waals surface area contributed by atoms with Crippen LogP contribution in [0.1, 0.15) is 33.6 Å². The number of hydrogen-bond donors (Lipinski definition) is 1. The number of aromatic nitrogens is 1. The Hall–Kier alpha value is -2.90. The van der Waals surface area contributed by atoms with Crippen molar-refractivity contribution in [1.82, 2.24) is 14.8 Å². The minimum absolute atomic E-state index is 0.103. The lowest BCUT2D eigenvalue weighted by Crippen LogP contribution is -2.59. The van der Waals surface area contributed by atoms with Crippen LogP contribution >= 0.6 is 0 Å². The number of hydrogen-bond acceptors (Lipinski definition) is 6. The van der Waals surface area contributed by atoms with Gasteiger partial charge in [-0.3, -0.25) is 19.5 Å². The molecule has 0 aromatic carbocycles. The second kappa shape index (κ2) is 7.15. The van der Waals surface area contributed by atoms with Crippen LogP contribution in [0.4, 0.5) is 5.69 Å². The van der Waals surface area contributed by atoms with Gasteiger partial charge < -0.3 is 15.0 Å². The summed E-state index contributed by atoms with van der Waals surface area (Å²) in [5, 5.41) is 3.01. The van der Waals surface area contributed by atoms with Crippen molar-refractivity contribution in [1.29, 1.82) is 0 Å². The summed E-state index contributed by atoms with van der Waals surface area (Å²) in [7, 11) is 0. The maximum atomic E-state index is 13.0. The van der Waals surface area contributed by atoms with Crippen LogP contribution in [-0.2, 0) is 19.1 Å². The number of allylic oxidation sites excluding steroid dienone is 1. The van der Waals surface area contributed by atoms with Gasteiger partial charge in [0.05, 0.1) is 5.69 Å². The van der Waals surface area contributed by atoms with Gasteiger partial charge in [-0.1, -0.05) is 0 Å². The van der Waals surface area contributed by atoms with E-state index < -0.39 is 18.0 Å². The maximum Gasteiger partial charge on any atom is 0.357 e. The van der Waals surface area contributed by atoms with E-state index in [0.29, 0.717) is 17.9 Å². The minimum Gasteiger partial charge on any atom is -0.458 e. The third kappa shape index (κ3) is 3.40. The van der Waals surface area contributed by atoms with Crippen LogP contribution in [0.2, 0.25) is 0 Å². The molecule has 1 aromatic rings. The first kappa shape index (κ1) is 17.9. The van der Waals surface area contributed by atoms with Crippen LogP contribution in [0, 0.1) is 0 Å². The Morgan fingerprint density at radius 1 is 1.38 bits per heavy atom. The molecule has 138 valence electrons. The van der Waals surface area contributed by atoms with E-state index in [9.17, 15) is 14.4 Å². The van der Waals surface area contributed by atoms with E-state index in [2.05, 4.69) is 10.3 Å². The number of ether oxygens (including phenoxy) is 1. The van der Waals surface area contributed by atoms with E-state index in [1.807, 2.05) is 6.92 Å². The molecule has 1 unspecified atom stereocenters. The second-order valence-corrected chi connectivity index (χ2v) is 6.30. The number of carbonyl (C=O) groups excluding carboxylic acids is 3. The molecule has 1 saturated carbocycles. The lowest BCUT2D eigenvalue weighted by atomic mass is 10.1. The molecular formula is C18H22N4O4. The van der Waals surface area contributed by atoms with Crippen molar-refractivity contribution in [2.75, 3.05) is 11.9 Å². The summed E-state index contributed by atoms with van der Waals surface area (Å²) in [5.74, 6) is -1.31. The van der Waals surface area contributed by atoms with Gasteiger partial charge in [-0.25, -0.2) is 4.79 Å². The average Bonchev–Trinajstić information content (AvgIpc) is 3.42. The van der Waals surface area contributed by atoms with Crippen LogP contribution in [0.3, 0.4) is 0 Å². The van der Waals surface area contributed by atoms with Gasteiger partial charge in [0.1, 0.15) is 6.10 Å². The van der Waals surface area contributed by atoms with E-state index in [1.54, 1.807) is 31.5 Å². The Balaban J connectivity index is 2.01. The van der Waals surface area contributed by atoms with Crippen LogP contribution in [0.25, 0.3) is 0 Å². The maximum absolute atomic E-state index is 13.0. The number of nitrogens with one attached hydrogen (secondary N) is 1. The van der Waals surface area contributed by atoms with E-state index in [4.69, 9.17) is 4.74 Å². The second-order valence-electron chi connectivity index (χ2n) is 6.30. The Kier molecular flexibility index (Phi) is 4.92. The number of amides is 2. The van der Waals surface area contributed by atoms with E-state index >= 15 is 0 Å². The van der Waals surface area contributed by atoms with E-state index in [0.717, 1.165) is 12.8 Å². The summed E-state index contributed by atoms with van der Waals surface area (Å²) in [6.07, 6.45) is 3.67. The summed E-state index contributed by atoms with van der Waals surface area (Å²) >= 11 is 0. The molecule has 8 nitrogen and oxygen atoms in total. The summed E-state index contributed by atoms with van der Waals surface area (Å²) in [4.78, 5) is 44.7. The summed E-state index contributed by atoms with van der Waals surface area (Å²) in [6, 6.07) is 3.46. The molecule has 0 spiro atoms. The first-order valence-electron chi connectivity index (χ1n) is 8.63. The molecular weight excluding hydrogens is 336 g/mol. The SMILES string of the molecule is CCN1C(=O)C(Nc2cccnc2)N(C(C)=O)C(C(=O)OC2CC2)=C1C. The molecule has 1 fully saturated rings. The van der Waals surface area contributed by atoms with Crippen LogP contribution < -0.4 is 5.32 Å². The van der Waals surface area contributed by atoms with Crippen molar-refractivity contribution >= 4 is 23.5 Å². The standard InChI is InChI=1S/C18H22N4O4/c1-4-21-11(2)15(18(25)26-14-7-8-14)22(12(3)23)16(17(21)24)20-13-6-5-9-19-10-13/h5-6,9-10,14,16,20H,4,7-8H2,1-3H3. The molecule has 1 aliphatic carbocycles. The zero-order valence-electron chi connectivity index (χ0n) is 15.1. The van der Waals surface area contributed by atoms with Gasteiger partial charge in [0.2, 0.25) is 5.91 Å². The first-order valence-corrected chi connectivity index (χ1v) is 8.63. The third-order valence-corrected chi connectivity index (χ3v) is 4.36. The highest BCUT2D eigenvalue weighted by Gasteiger charge is 2.44. The lowest BCUT2D eigenvalue weighted by Gasteiger charge is -2.41. The smallest absolute Gasteiger partial charge is 0.357 e. The van der Waals surface area contributed by atoms with Gasteiger partial charge in [-0.05, 0) is 38.8 Å². The Morgan fingerprint density at radius 3 is 2.65 bits per heavy atom. The molecule has 2 heterocycles. The molecule has 1 aromatic heterocycles. The van der Waals surface area contributed by atoms with Crippen LogP contribution in [-0.4, -0.2) is 51.4 Å². The van der Waals surface area contributed by atoms with Gasteiger partial charge in [0.15, 0.2) is 11.9 Å². The molecule has 0 radical (unpaired) electrons. The van der Waals surface area contributed by atoms with Gasteiger partial charge in [-0.15, -0.1) is 0 Å². The molecule has 0 saturated heterocycles. The van der Waals surface area contributed by atoms with Gasteiger partial charge in [-0.2, -0.15) is 0 Å². The highest BCUT2D eigenvalue weighted by Crippen LogP contribution is 2.30. The lowest BCUT2D eigenvalue weighted by molar-refractivity contribution is -0.151. The fourth-order valence-electron chi connectivity index (χ4n) is 2.96. The zero-order chi connectivity index (χ0) is 18.8. The number of likely N-dealkylation sites (N-methyl/N-ethyl adjacent to an activating group) is 1. The molecule has 1 N–H and O–H groups in total. The predicted octanol–water partition coefficient (Wildman–Crippen LogP) is 1.47. The number of nitrogens with zero attached hydrogens (tertiary/aromatic N) is 3. The van der Waals surface area contributed by atoms with Crippen molar-refractivity contribution in [3.8, 4) is 0 Å². The fraction of sp³-hybridized carbons (Fsp3) is 0.444. The van der Waals surface area contributed by atoms with Gasteiger partial charge in [0.25, 0.3) is 5.91 Å². The summed E-state index contributed by atoms with van der Waals surface area (Å²) in [6.45, 7) is 5.17. The van der Waals surface area contributed by atoms with E-state index in [1.165, 1.54) is 16.7 Å². The molecule has 2 aliphatic rings. The fourth-order valence-corrected chi connectivity index (χ4v) is 2.96. The highest BCUT2D eigenvalue weighted by molar-refractivity contribution is 6.01. The van der Waals surface area contributed by atoms with Crippen LogP contribution in [0.15, 0.2) is 35.9 Å². The van der Waals surface area contributed by atoms with Crippen molar-refractivity contribution in [3.63, 3.8) is 0 Å². The van der Waals surface area contributed by atoms with Crippen molar-refractivity contribution < 1.29 is 19.1 Å². The summed E-state index contributed by atoms with van der Waals surface area (Å²) in [5.41, 5.74) is 1.09. The Morgan fingerprint density at radius 2 is 2.12 bits per heavy atom. The molecule has 8 heteroatoms. The van der Waals surface area contributed by atoms with Crippen LogP contribution in [0.5, 0.6) is 0 Å². The third-order valence-electron chi connectivity index (χ3n) is 4.36. The van der Waals surface area contributed by atoms with Crippen molar-refractivity contribution in [2.24, 2.45) is 0 Å². The molecule has 3 rings (SSSR count). The predicted molar refractivity (Wildman–Crippen MR) is 93.4 cm³/mol.